The van der Waals surface area contributed by atoms with Crippen LogP contribution in [0.5, 0.6) is 0 Å². The first-order valence-corrected chi connectivity index (χ1v) is 6.14. The van der Waals surface area contributed by atoms with Crippen molar-refractivity contribution in [2.45, 2.75) is 12.5 Å². The number of halogens is 4. The summed E-state index contributed by atoms with van der Waals surface area (Å²) in [7, 11) is 0. The van der Waals surface area contributed by atoms with Crippen LogP contribution >= 0.6 is 11.6 Å². The van der Waals surface area contributed by atoms with Crippen molar-refractivity contribution in [2.24, 2.45) is 0 Å². The molecular weight excluding hydrogens is 265 g/mol. The molecule has 0 radical (unpaired) electrons. The molecule has 0 aliphatic carbocycles. The zero-order valence-corrected chi connectivity index (χ0v) is 10.4. The third kappa shape index (κ3) is 3.16. The lowest BCUT2D eigenvalue weighted by molar-refractivity contribution is 0.0180. The normalized spacial score (nSPS) is 19.2. The van der Waals surface area contributed by atoms with Crippen LogP contribution in [0.1, 0.15) is 11.6 Å². The zero-order chi connectivity index (χ0) is 13.1. The van der Waals surface area contributed by atoms with Gasteiger partial charge in [-0.2, -0.15) is 0 Å². The fourth-order valence-electron chi connectivity index (χ4n) is 2.22. The molecule has 0 unspecified atom stereocenters. The minimum Gasteiger partial charge on any atom is -0.314 e. The first kappa shape index (κ1) is 13.6. The Kier molecular flexibility index (Phi) is 4.48. The van der Waals surface area contributed by atoms with Gasteiger partial charge in [0, 0.05) is 31.2 Å². The summed E-state index contributed by atoms with van der Waals surface area (Å²) in [4.78, 5) is 1.66. The van der Waals surface area contributed by atoms with E-state index in [1.165, 1.54) is 6.07 Å². The Morgan fingerprint density at radius 1 is 1.17 bits per heavy atom. The van der Waals surface area contributed by atoms with Gasteiger partial charge in [0.05, 0.1) is 6.04 Å². The highest BCUT2D eigenvalue weighted by molar-refractivity contribution is 6.30. The highest BCUT2D eigenvalue weighted by Gasteiger charge is 2.30. The van der Waals surface area contributed by atoms with Crippen molar-refractivity contribution in [3.8, 4) is 0 Å². The monoisotopic (exact) mass is 278 g/mol. The van der Waals surface area contributed by atoms with Gasteiger partial charge in [0.2, 0.25) is 0 Å². The summed E-state index contributed by atoms with van der Waals surface area (Å²) < 4.78 is 39.7. The molecule has 1 atom stereocenters. The van der Waals surface area contributed by atoms with Crippen LogP contribution in [0.2, 0.25) is 5.02 Å². The lowest BCUT2D eigenvalue weighted by atomic mass is 10.0. The van der Waals surface area contributed by atoms with Gasteiger partial charge in [0.1, 0.15) is 5.82 Å². The van der Waals surface area contributed by atoms with E-state index in [0.29, 0.717) is 26.2 Å². The van der Waals surface area contributed by atoms with E-state index in [0.717, 1.165) is 12.1 Å². The quantitative estimate of drug-likeness (QED) is 0.914. The SMILES string of the molecule is Fc1cc(Cl)cc([C@H](C(F)F)N2CCNCC2)c1. The maximum absolute atomic E-state index is 13.3. The van der Waals surface area contributed by atoms with Gasteiger partial charge >= 0.3 is 0 Å². The van der Waals surface area contributed by atoms with Crippen LogP contribution in [0.15, 0.2) is 18.2 Å². The molecule has 0 saturated carbocycles. The number of benzene rings is 1. The van der Waals surface area contributed by atoms with Crippen molar-refractivity contribution < 1.29 is 13.2 Å². The third-order valence-electron chi connectivity index (χ3n) is 3.01. The smallest absolute Gasteiger partial charge is 0.258 e. The van der Waals surface area contributed by atoms with Crippen molar-refractivity contribution in [1.29, 1.82) is 0 Å². The molecule has 0 aromatic heterocycles. The van der Waals surface area contributed by atoms with Gasteiger partial charge < -0.3 is 5.32 Å². The maximum atomic E-state index is 13.3. The fourth-order valence-corrected chi connectivity index (χ4v) is 2.45. The molecule has 1 aliphatic heterocycles. The Labute approximate surface area is 109 Å². The maximum Gasteiger partial charge on any atom is 0.258 e. The van der Waals surface area contributed by atoms with Crippen molar-refractivity contribution in [2.75, 3.05) is 26.2 Å². The Bertz CT molecular complexity index is 388. The number of hydrogen-bond donors (Lipinski definition) is 1. The van der Waals surface area contributed by atoms with Gasteiger partial charge in [-0.25, -0.2) is 13.2 Å². The Morgan fingerprint density at radius 2 is 1.83 bits per heavy atom. The molecule has 1 heterocycles. The first-order chi connectivity index (χ1) is 8.58. The molecule has 0 spiro atoms. The predicted molar refractivity (Wildman–Crippen MR) is 64.6 cm³/mol. The minimum atomic E-state index is -2.57. The second kappa shape index (κ2) is 5.91. The van der Waals surface area contributed by atoms with Crippen LogP contribution < -0.4 is 5.32 Å². The lowest BCUT2D eigenvalue weighted by Crippen LogP contribution is -2.46. The number of piperazine rings is 1. The summed E-state index contributed by atoms with van der Waals surface area (Å²) in [5, 5.41) is 3.24. The van der Waals surface area contributed by atoms with Crippen LogP contribution in [0, 0.1) is 5.82 Å². The highest BCUT2D eigenvalue weighted by atomic mass is 35.5. The second-order valence-electron chi connectivity index (χ2n) is 4.27. The third-order valence-corrected chi connectivity index (χ3v) is 3.23. The lowest BCUT2D eigenvalue weighted by Gasteiger charge is -2.34. The molecule has 1 N–H and O–H groups in total. The average Bonchev–Trinajstić information content (AvgIpc) is 2.28. The van der Waals surface area contributed by atoms with E-state index in [1.807, 2.05) is 0 Å². The van der Waals surface area contributed by atoms with E-state index in [4.69, 9.17) is 11.6 Å². The molecule has 2 nitrogen and oxygen atoms in total. The molecule has 1 saturated heterocycles. The van der Waals surface area contributed by atoms with E-state index in [-0.39, 0.29) is 10.6 Å². The fraction of sp³-hybridized carbons (Fsp3) is 0.500. The Hall–Kier alpha value is -0.780. The van der Waals surface area contributed by atoms with Gasteiger partial charge in [-0.3, -0.25) is 4.90 Å². The van der Waals surface area contributed by atoms with Gasteiger partial charge in [-0.15, -0.1) is 0 Å². The molecule has 1 aromatic rings. The summed E-state index contributed by atoms with van der Waals surface area (Å²) in [5.41, 5.74) is 0.233. The summed E-state index contributed by atoms with van der Waals surface area (Å²) in [6, 6.07) is 2.56. The van der Waals surface area contributed by atoms with Crippen LogP contribution in [0.3, 0.4) is 0 Å². The topological polar surface area (TPSA) is 15.3 Å². The Morgan fingerprint density at radius 3 is 2.39 bits per heavy atom. The Balaban J connectivity index is 2.28. The van der Waals surface area contributed by atoms with Gasteiger partial charge in [0.25, 0.3) is 6.43 Å². The van der Waals surface area contributed by atoms with Gasteiger partial charge in [-0.1, -0.05) is 11.6 Å². The number of hydrogen-bond acceptors (Lipinski definition) is 2. The molecule has 0 amide bonds. The second-order valence-corrected chi connectivity index (χ2v) is 4.70. The molecule has 1 aromatic carbocycles. The van der Waals surface area contributed by atoms with Crippen LogP contribution in [-0.2, 0) is 0 Å². The van der Waals surface area contributed by atoms with E-state index < -0.39 is 18.3 Å². The predicted octanol–water partition coefficient (Wildman–Crippen LogP) is 2.69. The minimum absolute atomic E-state index is 0.144. The molecule has 2 rings (SSSR count). The number of alkyl halides is 2. The highest BCUT2D eigenvalue weighted by Crippen LogP contribution is 2.30. The number of nitrogens with zero attached hydrogens (tertiary/aromatic N) is 1. The number of rotatable bonds is 3. The standard InChI is InChI=1S/C12H14ClF3N2/c13-9-5-8(6-10(14)7-9)11(12(15)16)18-3-1-17-2-4-18/h5-7,11-12,17H,1-4H2/t11-/m1/s1. The van der Waals surface area contributed by atoms with Gasteiger partial charge in [-0.05, 0) is 23.8 Å². The summed E-state index contributed by atoms with van der Waals surface area (Å²) >= 11 is 5.72. The molecule has 0 bridgehead atoms. The number of nitrogens with one attached hydrogen (secondary N) is 1. The van der Waals surface area contributed by atoms with Crippen molar-refractivity contribution in [3.63, 3.8) is 0 Å². The summed E-state index contributed by atoms with van der Waals surface area (Å²) in [6.45, 7) is 2.35. The van der Waals surface area contributed by atoms with E-state index in [2.05, 4.69) is 5.32 Å². The molecule has 1 fully saturated rings. The van der Waals surface area contributed by atoms with Crippen LogP contribution in [-0.4, -0.2) is 37.5 Å². The zero-order valence-electron chi connectivity index (χ0n) is 9.67. The molecule has 6 heteroatoms. The molecule has 100 valence electrons. The summed E-state index contributed by atoms with van der Waals surface area (Å²) in [5.74, 6) is -0.585. The van der Waals surface area contributed by atoms with Crippen LogP contribution in [0.4, 0.5) is 13.2 Å². The largest absolute Gasteiger partial charge is 0.314 e. The van der Waals surface area contributed by atoms with Crippen molar-refractivity contribution in [3.05, 3.63) is 34.6 Å². The average molecular weight is 279 g/mol. The molecule has 1 aliphatic rings. The van der Waals surface area contributed by atoms with E-state index in [9.17, 15) is 13.2 Å². The van der Waals surface area contributed by atoms with Crippen LogP contribution in [0.25, 0.3) is 0 Å². The van der Waals surface area contributed by atoms with Crippen molar-refractivity contribution >= 4 is 11.6 Å². The van der Waals surface area contributed by atoms with E-state index >= 15 is 0 Å². The van der Waals surface area contributed by atoms with E-state index in [1.54, 1.807) is 4.90 Å². The molecule has 18 heavy (non-hydrogen) atoms. The van der Waals surface area contributed by atoms with Crippen molar-refractivity contribution in [1.82, 2.24) is 10.2 Å². The first-order valence-electron chi connectivity index (χ1n) is 5.77. The molecular formula is C12H14ClF3N2. The summed E-state index contributed by atoms with van der Waals surface area (Å²) in [6.07, 6.45) is -2.57. The van der Waals surface area contributed by atoms with Gasteiger partial charge in [0.15, 0.2) is 0 Å².